The molecular formula is C13H15ClN6O2S. The third-order valence-corrected chi connectivity index (χ3v) is 3.85. The monoisotopic (exact) mass is 354 g/mol. The molecule has 23 heavy (non-hydrogen) atoms. The van der Waals surface area contributed by atoms with Crippen LogP contribution < -0.4 is 16.5 Å². The minimum atomic E-state index is -0.535. The number of hydrogen-bond acceptors (Lipinski definition) is 6. The molecule has 0 bridgehead atoms. The lowest BCUT2D eigenvalue weighted by Gasteiger charge is -2.05. The van der Waals surface area contributed by atoms with Gasteiger partial charge in [0, 0.05) is 17.1 Å². The summed E-state index contributed by atoms with van der Waals surface area (Å²) in [5, 5.41) is 13.5. The third kappa shape index (κ3) is 4.60. The van der Waals surface area contributed by atoms with Gasteiger partial charge in [0.1, 0.15) is 0 Å². The number of halogens is 1. The van der Waals surface area contributed by atoms with Crippen LogP contribution in [0.1, 0.15) is 6.92 Å². The summed E-state index contributed by atoms with van der Waals surface area (Å²) in [5.74, 6) is 5.90. The Morgan fingerprint density at radius 3 is 2.87 bits per heavy atom. The molecule has 3 amide bonds. The largest absolute Gasteiger partial charge is 0.338 e. The molecule has 0 saturated carbocycles. The van der Waals surface area contributed by atoms with Gasteiger partial charge in [0.2, 0.25) is 11.1 Å². The number of rotatable bonds is 5. The molecule has 8 nitrogen and oxygen atoms in total. The van der Waals surface area contributed by atoms with Crippen molar-refractivity contribution in [3.05, 3.63) is 29.3 Å². The molecule has 0 spiro atoms. The highest BCUT2D eigenvalue weighted by atomic mass is 35.5. The number of urea groups is 1. The first-order valence-corrected chi connectivity index (χ1v) is 8.04. The lowest BCUT2D eigenvalue weighted by molar-refractivity contribution is -0.117. The second kappa shape index (κ2) is 7.84. The molecule has 2 rings (SSSR count). The fourth-order valence-electron chi connectivity index (χ4n) is 1.70. The molecule has 1 heterocycles. The van der Waals surface area contributed by atoms with Crippen molar-refractivity contribution >= 4 is 35.3 Å². The van der Waals surface area contributed by atoms with Crippen molar-refractivity contribution in [2.24, 2.45) is 0 Å². The number of nitrogens with two attached hydrogens (primary N) is 1. The number of nitrogens with one attached hydrogen (secondary N) is 2. The van der Waals surface area contributed by atoms with Gasteiger partial charge in [0.15, 0.2) is 5.82 Å². The number of nitrogens with zero attached hydrogens (tertiary/aromatic N) is 3. The molecule has 0 aliphatic heterocycles. The maximum Gasteiger partial charge on any atom is 0.321 e. The van der Waals surface area contributed by atoms with Crippen LogP contribution in [0.25, 0.3) is 11.4 Å². The van der Waals surface area contributed by atoms with E-state index in [0.717, 1.165) is 11.8 Å². The minimum absolute atomic E-state index is 0.0119. The Labute approximate surface area is 141 Å². The molecule has 0 fully saturated rings. The summed E-state index contributed by atoms with van der Waals surface area (Å²) in [6, 6.07) is 6.50. The van der Waals surface area contributed by atoms with Crippen molar-refractivity contribution in [2.45, 2.75) is 12.1 Å². The minimum Gasteiger partial charge on any atom is -0.338 e. The smallest absolute Gasteiger partial charge is 0.321 e. The summed E-state index contributed by atoms with van der Waals surface area (Å²) in [7, 11) is 0. The van der Waals surface area contributed by atoms with E-state index in [1.54, 1.807) is 31.2 Å². The van der Waals surface area contributed by atoms with Gasteiger partial charge >= 0.3 is 6.03 Å². The SMILES string of the molecule is CCNC(=O)NC(=O)CSc1nnc(-c2cccc(Cl)c2)n1N. The van der Waals surface area contributed by atoms with Gasteiger partial charge in [-0.2, -0.15) is 0 Å². The van der Waals surface area contributed by atoms with Crippen molar-refractivity contribution in [3.8, 4) is 11.4 Å². The molecule has 0 atom stereocenters. The summed E-state index contributed by atoms with van der Waals surface area (Å²) in [4.78, 5) is 22.9. The molecular weight excluding hydrogens is 340 g/mol. The van der Waals surface area contributed by atoms with Gasteiger partial charge in [-0.05, 0) is 19.1 Å². The average Bonchev–Trinajstić information content (AvgIpc) is 2.86. The zero-order valence-electron chi connectivity index (χ0n) is 12.2. The van der Waals surface area contributed by atoms with E-state index in [4.69, 9.17) is 17.4 Å². The predicted octanol–water partition coefficient (Wildman–Crippen LogP) is 1.25. The van der Waals surface area contributed by atoms with Crippen molar-refractivity contribution in [1.82, 2.24) is 25.5 Å². The number of thioether (sulfide) groups is 1. The molecule has 0 aliphatic carbocycles. The summed E-state index contributed by atoms with van der Waals surface area (Å²) in [6.07, 6.45) is 0. The zero-order chi connectivity index (χ0) is 16.8. The van der Waals surface area contributed by atoms with Gasteiger partial charge in [0.25, 0.3) is 0 Å². The first-order chi connectivity index (χ1) is 11.0. The summed E-state index contributed by atoms with van der Waals surface area (Å²) >= 11 is 7.01. The van der Waals surface area contributed by atoms with Crippen molar-refractivity contribution in [2.75, 3.05) is 18.1 Å². The number of carbonyl (C=O) groups is 2. The Kier molecular flexibility index (Phi) is 5.83. The molecule has 0 unspecified atom stereocenters. The van der Waals surface area contributed by atoms with Gasteiger partial charge in [-0.3, -0.25) is 10.1 Å². The van der Waals surface area contributed by atoms with Crippen LogP contribution in [-0.4, -0.2) is 39.1 Å². The van der Waals surface area contributed by atoms with Crippen molar-refractivity contribution in [1.29, 1.82) is 0 Å². The van der Waals surface area contributed by atoms with Gasteiger partial charge in [-0.15, -0.1) is 10.2 Å². The van der Waals surface area contributed by atoms with E-state index in [1.165, 1.54) is 4.68 Å². The van der Waals surface area contributed by atoms with Gasteiger partial charge in [-0.25, -0.2) is 9.47 Å². The first kappa shape index (κ1) is 17.1. The second-order valence-corrected chi connectivity index (χ2v) is 5.76. The molecule has 122 valence electrons. The highest BCUT2D eigenvalue weighted by Gasteiger charge is 2.14. The summed E-state index contributed by atoms with van der Waals surface area (Å²) in [6.45, 7) is 2.19. The fraction of sp³-hybridized carbons (Fsp3) is 0.231. The topological polar surface area (TPSA) is 115 Å². The van der Waals surface area contributed by atoms with Crippen LogP contribution in [-0.2, 0) is 4.79 Å². The molecule has 4 N–H and O–H groups in total. The number of hydrogen-bond donors (Lipinski definition) is 3. The normalized spacial score (nSPS) is 10.3. The molecule has 1 aromatic heterocycles. The second-order valence-electron chi connectivity index (χ2n) is 4.38. The van der Waals surface area contributed by atoms with E-state index in [9.17, 15) is 9.59 Å². The van der Waals surface area contributed by atoms with E-state index in [0.29, 0.717) is 28.1 Å². The summed E-state index contributed by atoms with van der Waals surface area (Å²) in [5.41, 5.74) is 0.714. The average molecular weight is 355 g/mol. The van der Waals surface area contributed by atoms with E-state index in [-0.39, 0.29) is 5.75 Å². The summed E-state index contributed by atoms with van der Waals surface area (Å²) < 4.78 is 1.27. The number of amides is 3. The zero-order valence-corrected chi connectivity index (χ0v) is 13.8. The Hall–Kier alpha value is -2.26. The first-order valence-electron chi connectivity index (χ1n) is 6.68. The quantitative estimate of drug-likeness (QED) is 0.550. The Bertz CT molecular complexity index is 720. The number of imide groups is 1. The van der Waals surface area contributed by atoms with Crippen LogP contribution in [0.2, 0.25) is 5.02 Å². The molecule has 0 radical (unpaired) electrons. The number of nitrogen functional groups attached to an aromatic ring is 1. The van der Waals surface area contributed by atoms with E-state index < -0.39 is 11.9 Å². The highest BCUT2D eigenvalue weighted by molar-refractivity contribution is 7.99. The Morgan fingerprint density at radius 1 is 1.39 bits per heavy atom. The van der Waals surface area contributed by atoms with Gasteiger partial charge in [-0.1, -0.05) is 35.5 Å². The molecule has 2 aromatic rings. The molecule has 0 aliphatic rings. The maximum absolute atomic E-state index is 11.6. The maximum atomic E-state index is 11.6. The number of aromatic nitrogens is 3. The van der Waals surface area contributed by atoms with Crippen LogP contribution in [0.4, 0.5) is 4.79 Å². The fourth-order valence-corrected chi connectivity index (χ4v) is 2.54. The Balaban J connectivity index is 2.00. The number of benzene rings is 1. The van der Waals surface area contributed by atoms with Crippen molar-refractivity contribution in [3.63, 3.8) is 0 Å². The molecule has 1 aromatic carbocycles. The lowest BCUT2D eigenvalue weighted by Crippen LogP contribution is -2.40. The molecule has 10 heteroatoms. The van der Waals surface area contributed by atoms with Gasteiger partial charge in [0.05, 0.1) is 5.75 Å². The standard InChI is InChI=1S/C13H15ClN6O2S/c1-2-16-12(22)17-10(21)7-23-13-19-18-11(20(13)15)8-4-3-5-9(14)6-8/h3-6H,2,7,15H2,1H3,(H2,16,17,21,22). The lowest BCUT2D eigenvalue weighted by atomic mass is 10.2. The number of carbonyl (C=O) groups excluding carboxylic acids is 2. The van der Waals surface area contributed by atoms with E-state index >= 15 is 0 Å². The van der Waals surface area contributed by atoms with Gasteiger partial charge < -0.3 is 11.2 Å². The van der Waals surface area contributed by atoms with Crippen molar-refractivity contribution < 1.29 is 9.59 Å². The predicted molar refractivity (Wildman–Crippen MR) is 88.6 cm³/mol. The third-order valence-electron chi connectivity index (χ3n) is 2.67. The highest BCUT2D eigenvalue weighted by Crippen LogP contribution is 2.23. The Morgan fingerprint density at radius 2 is 2.17 bits per heavy atom. The van der Waals surface area contributed by atoms with E-state index in [2.05, 4.69) is 20.8 Å². The van der Waals surface area contributed by atoms with Crippen LogP contribution in [0.15, 0.2) is 29.4 Å². The molecule has 0 saturated heterocycles. The van der Waals surface area contributed by atoms with Crippen LogP contribution in [0.5, 0.6) is 0 Å². The van der Waals surface area contributed by atoms with Crippen LogP contribution >= 0.6 is 23.4 Å². The van der Waals surface area contributed by atoms with Crippen LogP contribution in [0, 0.1) is 0 Å². The van der Waals surface area contributed by atoms with Crippen LogP contribution in [0.3, 0.4) is 0 Å². The van der Waals surface area contributed by atoms with E-state index in [1.807, 2.05) is 0 Å².